The van der Waals surface area contributed by atoms with Crippen molar-refractivity contribution in [2.75, 3.05) is 6.26 Å². The summed E-state index contributed by atoms with van der Waals surface area (Å²) in [6.45, 7) is 1.77. The molecular formula is C23H20N2O4S2. The van der Waals surface area contributed by atoms with Gasteiger partial charge in [0, 0.05) is 50.6 Å². The van der Waals surface area contributed by atoms with Crippen LogP contribution in [0.1, 0.15) is 5.69 Å². The Labute approximate surface area is 184 Å². The molecule has 4 aromatic rings. The molecule has 0 amide bonds. The van der Waals surface area contributed by atoms with E-state index in [2.05, 4.69) is 4.98 Å². The third-order valence-electron chi connectivity index (χ3n) is 5.03. The number of pyridine rings is 1. The molecule has 2 aromatic carbocycles. The highest BCUT2D eigenvalue weighted by Crippen LogP contribution is 2.40. The maximum atomic E-state index is 11.7. The minimum atomic E-state index is -3.27. The van der Waals surface area contributed by atoms with Crippen LogP contribution in [0.2, 0.25) is 0 Å². The van der Waals surface area contributed by atoms with E-state index in [4.69, 9.17) is 0 Å². The van der Waals surface area contributed by atoms with Gasteiger partial charge in [-0.3, -0.25) is 9.78 Å². The van der Waals surface area contributed by atoms with Crippen LogP contribution < -0.4 is 0 Å². The minimum Gasteiger partial charge on any atom is -0.480 e. The van der Waals surface area contributed by atoms with Crippen LogP contribution in [0.25, 0.3) is 22.0 Å². The lowest BCUT2D eigenvalue weighted by atomic mass is 10.1. The number of carbonyl (C=O) groups is 1. The Hall–Kier alpha value is -3.10. The van der Waals surface area contributed by atoms with Crippen LogP contribution in [0, 0.1) is 6.92 Å². The number of carboxylic acid groups (broad SMARTS) is 1. The Bertz CT molecular complexity index is 1380. The van der Waals surface area contributed by atoms with Gasteiger partial charge in [-0.15, -0.1) is 0 Å². The summed E-state index contributed by atoms with van der Waals surface area (Å²) in [5, 5.41) is 10.3. The lowest BCUT2D eigenvalue weighted by Gasteiger charge is -2.06. The molecule has 0 fully saturated rings. The first-order chi connectivity index (χ1) is 14.7. The van der Waals surface area contributed by atoms with Crippen molar-refractivity contribution in [1.29, 1.82) is 0 Å². The first kappa shape index (κ1) is 21.1. The Balaban J connectivity index is 1.84. The maximum absolute atomic E-state index is 11.7. The number of sulfone groups is 1. The summed E-state index contributed by atoms with van der Waals surface area (Å²) >= 11 is 1.49. The molecule has 0 saturated heterocycles. The van der Waals surface area contributed by atoms with Gasteiger partial charge in [-0.2, -0.15) is 0 Å². The van der Waals surface area contributed by atoms with Crippen molar-refractivity contribution >= 4 is 38.5 Å². The first-order valence-electron chi connectivity index (χ1n) is 9.47. The van der Waals surface area contributed by atoms with Crippen LogP contribution in [0.5, 0.6) is 0 Å². The zero-order chi connectivity index (χ0) is 22.2. The van der Waals surface area contributed by atoms with Gasteiger partial charge < -0.3 is 9.67 Å². The van der Waals surface area contributed by atoms with E-state index in [0.29, 0.717) is 0 Å². The van der Waals surface area contributed by atoms with Gasteiger partial charge in [-0.1, -0.05) is 23.9 Å². The summed E-state index contributed by atoms with van der Waals surface area (Å²) in [4.78, 5) is 17.7. The van der Waals surface area contributed by atoms with Crippen molar-refractivity contribution < 1.29 is 18.3 Å². The van der Waals surface area contributed by atoms with Crippen LogP contribution in [0.15, 0.2) is 81.7 Å². The van der Waals surface area contributed by atoms with E-state index in [1.807, 2.05) is 37.3 Å². The van der Waals surface area contributed by atoms with Crippen LogP contribution in [-0.2, 0) is 21.2 Å². The second kappa shape index (κ2) is 8.20. The van der Waals surface area contributed by atoms with E-state index >= 15 is 0 Å². The molecular weight excluding hydrogens is 432 g/mol. The number of nitrogens with zero attached hydrogens (tertiary/aromatic N) is 2. The minimum absolute atomic E-state index is 0.137. The van der Waals surface area contributed by atoms with E-state index in [0.717, 1.165) is 37.5 Å². The molecule has 0 bridgehead atoms. The number of benzene rings is 2. The van der Waals surface area contributed by atoms with E-state index in [1.54, 1.807) is 41.2 Å². The summed E-state index contributed by atoms with van der Waals surface area (Å²) in [6.07, 6.45) is 4.69. The standard InChI is InChI=1S/C23H20N2O4S2/c1-15-23(30-18-6-8-19(9-7-18)31(2,28)29)20-12-16(17-4-3-11-24-13-17)5-10-21(20)25(15)14-22(26)27/h3-13H,14H2,1-2H3,(H,26,27). The predicted molar refractivity (Wildman–Crippen MR) is 121 cm³/mol. The smallest absolute Gasteiger partial charge is 0.323 e. The summed E-state index contributed by atoms with van der Waals surface area (Å²) < 4.78 is 25.3. The van der Waals surface area contributed by atoms with Crippen molar-refractivity contribution in [3.63, 3.8) is 0 Å². The van der Waals surface area contributed by atoms with Gasteiger partial charge in [0.05, 0.1) is 4.90 Å². The second-order valence-electron chi connectivity index (χ2n) is 7.21. The van der Waals surface area contributed by atoms with E-state index in [9.17, 15) is 18.3 Å². The van der Waals surface area contributed by atoms with Gasteiger partial charge in [-0.25, -0.2) is 8.42 Å². The Morgan fingerprint density at radius 2 is 1.84 bits per heavy atom. The largest absolute Gasteiger partial charge is 0.480 e. The predicted octanol–water partition coefficient (Wildman–Crippen LogP) is 4.65. The fraction of sp³-hybridized carbons (Fsp3) is 0.130. The van der Waals surface area contributed by atoms with E-state index < -0.39 is 15.8 Å². The number of carboxylic acids is 1. The third-order valence-corrected chi connectivity index (χ3v) is 7.38. The number of hydrogen-bond acceptors (Lipinski definition) is 5. The summed E-state index contributed by atoms with van der Waals surface area (Å²) in [7, 11) is -3.27. The molecule has 6 nitrogen and oxygen atoms in total. The Morgan fingerprint density at radius 3 is 2.45 bits per heavy atom. The number of aromatic nitrogens is 2. The van der Waals surface area contributed by atoms with Gasteiger partial charge in [0.25, 0.3) is 0 Å². The highest BCUT2D eigenvalue weighted by Gasteiger charge is 2.18. The zero-order valence-electron chi connectivity index (χ0n) is 16.9. The first-order valence-corrected chi connectivity index (χ1v) is 12.2. The molecule has 0 unspecified atom stereocenters. The monoisotopic (exact) mass is 452 g/mol. The number of fused-ring (bicyclic) bond motifs is 1. The molecule has 1 N–H and O–H groups in total. The molecule has 0 radical (unpaired) electrons. The molecule has 0 aliphatic heterocycles. The summed E-state index contributed by atoms with van der Waals surface area (Å²) in [5.41, 5.74) is 3.64. The Kier molecular flexibility index (Phi) is 5.60. The average Bonchev–Trinajstić information content (AvgIpc) is 2.99. The fourth-order valence-corrected chi connectivity index (χ4v) is 5.17. The Morgan fingerprint density at radius 1 is 1.10 bits per heavy atom. The van der Waals surface area contributed by atoms with Crippen molar-refractivity contribution in [3.05, 3.63) is 72.7 Å². The third kappa shape index (κ3) is 4.35. The maximum Gasteiger partial charge on any atom is 0.323 e. The summed E-state index contributed by atoms with van der Waals surface area (Å²) in [6, 6.07) is 16.5. The topological polar surface area (TPSA) is 89.3 Å². The van der Waals surface area contributed by atoms with Gasteiger partial charge >= 0.3 is 5.97 Å². The van der Waals surface area contributed by atoms with Crippen LogP contribution in [-0.4, -0.2) is 35.3 Å². The van der Waals surface area contributed by atoms with Gasteiger partial charge in [0.1, 0.15) is 6.54 Å². The second-order valence-corrected chi connectivity index (χ2v) is 10.3. The van der Waals surface area contributed by atoms with Gasteiger partial charge in [0.2, 0.25) is 0 Å². The van der Waals surface area contributed by atoms with Crippen molar-refractivity contribution in [1.82, 2.24) is 9.55 Å². The molecule has 8 heteroatoms. The van der Waals surface area contributed by atoms with Crippen LogP contribution in [0.3, 0.4) is 0 Å². The quantitative estimate of drug-likeness (QED) is 0.458. The fourth-order valence-electron chi connectivity index (χ4n) is 3.51. The average molecular weight is 453 g/mol. The molecule has 0 aliphatic rings. The van der Waals surface area contributed by atoms with Crippen LogP contribution in [0.4, 0.5) is 0 Å². The molecule has 0 spiro atoms. The van der Waals surface area contributed by atoms with Crippen molar-refractivity contribution in [3.8, 4) is 11.1 Å². The highest BCUT2D eigenvalue weighted by molar-refractivity contribution is 7.99. The normalized spacial score (nSPS) is 11.7. The molecule has 158 valence electrons. The molecule has 0 atom stereocenters. The number of aliphatic carboxylic acids is 1. The zero-order valence-corrected chi connectivity index (χ0v) is 18.6. The molecule has 0 aliphatic carbocycles. The van der Waals surface area contributed by atoms with Crippen molar-refractivity contribution in [2.24, 2.45) is 0 Å². The molecule has 2 aromatic heterocycles. The molecule has 0 saturated carbocycles. The van der Waals surface area contributed by atoms with E-state index in [-0.39, 0.29) is 11.4 Å². The lowest BCUT2D eigenvalue weighted by molar-refractivity contribution is -0.137. The number of rotatable bonds is 6. The molecule has 2 heterocycles. The van der Waals surface area contributed by atoms with Gasteiger partial charge in [-0.05, 0) is 55.0 Å². The summed E-state index contributed by atoms with van der Waals surface area (Å²) in [5.74, 6) is -0.912. The van der Waals surface area contributed by atoms with Gasteiger partial charge in [0.15, 0.2) is 9.84 Å². The van der Waals surface area contributed by atoms with Crippen molar-refractivity contribution in [2.45, 2.75) is 28.2 Å². The highest BCUT2D eigenvalue weighted by atomic mass is 32.2. The van der Waals surface area contributed by atoms with E-state index in [1.165, 1.54) is 18.0 Å². The van der Waals surface area contributed by atoms with Crippen LogP contribution >= 0.6 is 11.8 Å². The molecule has 4 rings (SSSR count). The molecule has 31 heavy (non-hydrogen) atoms. The number of hydrogen-bond donors (Lipinski definition) is 1. The SMILES string of the molecule is Cc1c(Sc2ccc(S(C)(=O)=O)cc2)c2cc(-c3cccnc3)ccc2n1CC(=O)O. The lowest BCUT2D eigenvalue weighted by Crippen LogP contribution is -2.09.